The van der Waals surface area contributed by atoms with Crippen molar-refractivity contribution in [1.82, 2.24) is 15.1 Å². The van der Waals surface area contributed by atoms with Gasteiger partial charge in [0.2, 0.25) is 0 Å². The Bertz CT molecular complexity index is 564. The van der Waals surface area contributed by atoms with Crippen LogP contribution in [0.25, 0.3) is 0 Å². The first-order chi connectivity index (χ1) is 9.11. The first-order valence-electron chi connectivity index (χ1n) is 6.16. The molecule has 5 heteroatoms. The molecule has 0 atom stereocenters. The SMILES string of the molecule is COc1cccc(CNCc2cn(C)nc2C)c1O. The lowest BCUT2D eigenvalue weighted by Gasteiger charge is -2.09. The molecule has 2 N–H and O–H groups in total. The van der Waals surface area contributed by atoms with E-state index in [1.807, 2.05) is 32.3 Å². The third-order valence-corrected chi connectivity index (χ3v) is 3.05. The fourth-order valence-electron chi connectivity index (χ4n) is 2.03. The zero-order valence-corrected chi connectivity index (χ0v) is 11.5. The molecule has 0 aliphatic rings. The number of rotatable bonds is 5. The van der Waals surface area contributed by atoms with Crippen molar-refractivity contribution in [2.24, 2.45) is 7.05 Å². The first-order valence-corrected chi connectivity index (χ1v) is 6.16. The maximum absolute atomic E-state index is 9.96. The Labute approximate surface area is 112 Å². The number of methoxy groups -OCH3 is 1. The second-order valence-electron chi connectivity index (χ2n) is 4.48. The average Bonchev–Trinajstić information content (AvgIpc) is 2.70. The van der Waals surface area contributed by atoms with Gasteiger partial charge in [-0.3, -0.25) is 4.68 Å². The fourth-order valence-corrected chi connectivity index (χ4v) is 2.03. The number of hydrogen-bond acceptors (Lipinski definition) is 4. The molecule has 0 amide bonds. The van der Waals surface area contributed by atoms with Crippen molar-refractivity contribution >= 4 is 0 Å². The van der Waals surface area contributed by atoms with Crippen LogP contribution in [0, 0.1) is 6.92 Å². The van der Waals surface area contributed by atoms with Crippen LogP contribution in [0.15, 0.2) is 24.4 Å². The summed E-state index contributed by atoms with van der Waals surface area (Å²) < 4.78 is 6.88. The van der Waals surface area contributed by atoms with Crippen molar-refractivity contribution in [3.63, 3.8) is 0 Å². The molecule has 1 aromatic carbocycles. The first kappa shape index (κ1) is 13.4. The van der Waals surface area contributed by atoms with Crippen molar-refractivity contribution in [3.05, 3.63) is 41.2 Å². The van der Waals surface area contributed by atoms with Crippen LogP contribution in [0.2, 0.25) is 0 Å². The molecular weight excluding hydrogens is 242 g/mol. The van der Waals surface area contributed by atoms with Crippen LogP contribution >= 0.6 is 0 Å². The van der Waals surface area contributed by atoms with Crippen LogP contribution in [0.3, 0.4) is 0 Å². The van der Waals surface area contributed by atoms with Crippen molar-refractivity contribution < 1.29 is 9.84 Å². The quantitative estimate of drug-likeness (QED) is 0.860. The predicted molar refractivity (Wildman–Crippen MR) is 73.1 cm³/mol. The molecule has 1 aromatic heterocycles. The van der Waals surface area contributed by atoms with Gasteiger partial charge < -0.3 is 15.2 Å². The van der Waals surface area contributed by atoms with Crippen molar-refractivity contribution in [2.75, 3.05) is 7.11 Å². The summed E-state index contributed by atoms with van der Waals surface area (Å²) in [5, 5.41) is 17.5. The molecule has 1 heterocycles. The van der Waals surface area contributed by atoms with Gasteiger partial charge in [-0.25, -0.2) is 0 Å². The van der Waals surface area contributed by atoms with Crippen LogP contribution in [0.4, 0.5) is 0 Å². The van der Waals surface area contributed by atoms with E-state index in [0.717, 1.165) is 23.4 Å². The van der Waals surface area contributed by atoms with Gasteiger partial charge in [-0.05, 0) is 13.0 Å². The van der Waals surface area contributed by atoms with Crippen LogP contribution in [0.1, 0.15) is 16.8 Å². The highest BCUT2D eigenvalue weighted by Gasteiger charge is 2.07. The van der Waals surface area contributed by atoms with Crippen LogP contribution in [-0.4, -0.2) is 22.0 Å². The number of aromatic nitrogens is 2. The van der Waals surface area contributed by atoms with Gasteiger partial charge >= 0.3 is 0 Å². The summed E-state index contributed by atoms with van der Waals surface area (Å²) in [5.74, 6) is 0.692. The molecule has 0 saturated heterocycles. The molecule has 5 nitrogen and oxygen atoms in total. The van der Waals surface area contributed by atoms with E-state index in [1.54, 1.807) is 17.9 Å². The summed E-state index contributed by atoms with van der Waals surface area (Å²) in [7, 11) is 3.45. The van der Waals surface area contributed by atoms with Gasteiger partial charge in [0.15, 0.2) is 11.5 Å². The number of nitrogens with one attached hydrogen (secondary N) is 1. The molecule has 0 fully saturated rings. The highest BCUT2D eigenvalue weighted by atomic mass is 16.5. The van der Waals surface area contributed by atoms with E-state index >= 15 is 0 Å². The van der Waals surface area contributed by atoms with E-state index in [-0.39, 0.29) is 5.75 Å². The molecule has 102 valence electrons. The Morgan fingerprint density at radius 2 is 2.05 bits per heavy atom. The molecule has 19 heavy (non-hydrogen) atoms. The largest absolute Gasteiger partial charge is 0.504 e. The van der Waals surface area contributed by atoms with Crippen LogP contribution in [-0.2, 0) is 20.1 Å². The zero-order valence-electron chi connectivity index (χ0n) is 11.5. The monoisotopic (exact) mass is 261 g/mol. The van der Waals surface area contributed by atoms with E-state index in [4.69, 9.17) is 4.74 Å². The fraction of sp³-hybridized carbons (Fsp3) is 0.357. The van der Waals surface area contributed by atoms with Crippen molar-refractivity contribution in [2.45, 2.75) is 20.0 Å². The highest BCUT2D eigenvalue weighted by molar-refractivity contribution is 5.45. The minimum atomic E-state index is 0.195. The minimum Gasteiger partial charge on any atom is -0.504 e. The number of phenols is 1. The molecule has 0 unspecified atom stereocenters. The molecule has 0 radical (unpaired) electrons. The number of nitrogens with zero attached hydrogens (tertiary/aromatic N) is 2. The highest BCUT2D eigenvalue weighted by Crippen LogP contribution is 2.29. The molecule has 0 spiro atoms. The summed E-state index contributed by atoms with van der Waals surface area (Å²) in [6, 6.07) is 5.48. The number of para-hydroxylation sites is 1. The summed E-state index contributed by atoms with van der Waals surface area (Å²) >= 11 is 0. The van der Waals surface area contributed by atoms with E-state index in [9.17, 15) is 5.11 Å². The lowest BCUT2D eigenvalue weighted by Crippen LogP contribution is -2.13. The molecular formula is C14H19N3O2. The number of benzene rings is 1. The summed E-state index contributed by atoms with van der Waals surface area (Å²) in [6.45, 7) is 3.29. The Kier molecular flexibility index (Phi) is 4.06. The van der Waals surface area contributed by atoms with Crippen LogP contribution in [0.5, 0.6) is 11.5 Å². The Morgan fingerprint density at radius 3 is 2.68 bits per heavy atom. The average molecular weight is 261 g/mol. The maximum atomic E-state index is 9.96. The third-order valence-electron chi connectivity index (χ3n) is 3.05. The summed E-state index contributed by atoms with van der Waals surface area (Å²) in [6.07, 6.45) is 1.99. The lowest BCUT2D eigenvalue weighted by atomic mass is 10.2. The molecule has 0 aliphatic heterocycles. The standard InChI is InChI=1S/C14H19N3O2/c1-10-12(9-17(2)16-10)8-15-7-11-5-4-6-13(19-3)14(11)18/h4-6,9,15,18H,7-8H2,1-3H3. The lowest BCUT2D eigenvalue weighted by molar-refractivity contribution is 0.369. The van der Waals surface area contributed by atoms with Gasteiger partial charge in [-0.1, -0.05) is 12.1 Å². The van der Waals surface area contributed by atoms with Gasteiger partial charge in [0, 0.05) is 37.5 Å². The zero-order chi connectivity index (χ0) is 13.8. The van der Waals surface area contributed by atoms with Gasteiger partial charge in [-0.2, -0.15) is 5.10 Å². The van der Waals surface area contributed by atoms with Gasteiger partial charge in [0.1, 0.15) is 0 Å². The second-order valence-corrected chi connectivity index (χ2v) is 4.48. The summed E-state index contributed by atoms with van der Waals surface area (Å²) in [5.41, 5.74) is 3.00. The topological polar surface area (TPSA) is 59.3 Å². The van der Waals surface area contributed by atoms with E-state index in [1.165, 1.54) is 0 Å². The van der Waals surface area contributed by atoms with E-state index in [2.05, 4.69) is 10.4 Å². The number of ether oxygens (including phenoxy) is 1. The normalized spacial score (nSPS) is 10.7. The van der Waals surface area contributed by atoms with E-state index in [0.29, 0.717) is 12.3 Å². The second kappa shape index (κ2) is 5.75. The van der Waals surface area contributed by atoms with E-state index < -0.39 is 0 Å². The molecule has 0 bridgehead atoms. The van der Waals surface area contributed by atoms with Crippen LogP contribution < -0.4 is 10.1 Å². The molecule has 2 aromatic rings. The maximum Gasteiger partial charge on any atom is 0.162 e. The smallest absolute Gasteiger partial charge is 0.162 e. The van der Waals surface area contributed by atoms with Gasteiger partial charge in [-0.15, -0.1) is 0 Å². The molecule has 2 rings (SSSR count). The van der Waals surface area contributed by atoms with Gasteiger partial charge in [0.05, 0.1) is 12.8 Å². The van der Waals surface area contributed by atoms with Gasteiger partial charge in [0.25, 0.3) is 0 Å². The summed E-state index contributed by atoms with van der Waals surface area (Å²) in [4.78, 5) is 0. The molecule has 0 saturated carbocycles. The number of hydrogen-bond donors (Lipinski definition) is 2. The Balaban J connectivity index is 1.98. The number of phenolic OH excluding ortho intramolecular Hbond substituents is 1. The third kappa shape index (κ3) is 3.06. The van der Waals surface area contributed by atoms with Crippen molar-refractivity contribution in [1.29, 1.82) is 0 Å². The number of aryl methyl sites for hydroxylation is 2. The number of aromatic hydroxyl groups is 1. The molecule has 0 aliphatic carbocycles. The van der Waals surface area contributed by atoms with Crippen molar-refractivity contribution in [3.8, 4) is 11.5 Å². The predicted octanol–water partition coefficient (Wildman–Crippen LogP) is 1.73. The minimum absolute atomic E-state index is 0.195. The Hall–Kier alpha value is -2.01. The Morgan fingerprint density at radius 1 is 1.32 bits per heavy atom.